The third-order valence-corrected chi connectivity index (χ3v) is 4.66. The van der Waals surface area contributed by atoms with Crippen molar-refractivity contribution in [3.8, 4) is 5.75 Å². The van der Waals surface area contributed by atoms with E-state index in [1.54, 1.807) is 18.2 Å². The van der Waals surface area contributed by atoms with Crippen LogP contribution in [0.1, 0.15) is 21.5 Å². The van der Waals surface area contributed by atoms with Crippen LogP contribution in [-0.2, 0) is 11.3 Å². The molecule has 3 rings (SSSR count). The first-order valence-electron chi connectivity index (χ1n) is 9.26. The molecule has 3 N–H and O–H groups in total. The second kappa shape index (κ2) is 9.80. The van der Waals surface area contributed by atoms with Crippen molar-refractivity contribution in [2.24, 2.45) is 0 Å². The lowest BCUT2D eigenvalue weighted by atomic mass is 10.1. The highest BCUT2D eigenvalue weighted by atomic mass is 35.5. The molecule has 0 unspecified atom stereocenters. The number of aromatic carboxylic acids is 1. The number of nitrogens with one attached hydrogen (secondary N) is 2. The average Bonchev–Trinajstić information content (AvgIpc) is 2.73. The molecule has 0 saturated carbocycles. The maximum absolute atomic E-state index is 12.2. The lowest BCUT2D eigenvalue weighted by Gasteiger charge is -2.13. The van der Waals surface area contributed by atoms with Crippen molar-refractivity contribution in [3.05, 3.63) is 88.4 Å². The Bertz CT molecular complexity index is 1050. The number of hydrogen-bond acceptors (Lipinski definition) is 4. The Labute approximate surface area is 179 Å². The van der Waals surface area contributed by atoms with Gasteiger partial charge in [-0.25, -0.2) is 4.79 Å². The van der Waals surface area contributed by atoms with Crippen LogP contribution in [0.25, 0.3) is 0 Å². The van der Waals surface area contributed by atoms with E-state index in [1.165, 1.54) is 6.07 Å². The van der Waals surface area contributed by atoms with Gasteiger partial charge in [-0.2, -0.15) is 0 Å². The summed E-state index contributed by atoms with van der Waals surface area (Å²) < 4.78 is 5.70. The summed E-state index contributed by atoms with van der Waals surface area (Å²) in [5.74, 6) is -0.746. The smallest absolute Gasteiger partial charge is 0.337 e. The van der Waals surface area contributed by atoms with Crippen molar-refractivity contribution < 1.29 is 19.4 Å². The van der Waals surface area contributed by atoms with Crippen molar-refractivity contribution in [3.63, 3.8) is 0 Å². The van der Waals surface area contributed by atoms with Crippen molar-refractivity contribution in [1.29, 1.82) is 0 Å². The SMILES string of the molecule is Cc1ccc(NC(=O)COc2ccccc2CNc2ccc(C(=O)O)c(Cl)c2)cc1. The summed E-state index contributed by atoms with van der Waals surface area (Å²) in [7, 11) is 0. The number of carboxylic acids is 1. The van der Waals surface area contributed by atoms with Gasteiger partial charge in [-0.1, -0.05) is 47.5 Å². The van der Waals surface area contributed by atoms with E-state index in [4.69, 9.17) is 21.4 Å². The zero-order valence-corrected chi connectivity index (χ0v) is 17.1. The van der Waals surface area contributed by atoms with Crippen LogP contribution in [-0.4, -0.2) is 23.6 Å². The fourth-order valence-corrected chi connectivity index (χ4v) is 3.03. The first-order valence-corrected chi connectivity index (χ1v) is 9.64. The van der Waals surface area contributed by atoms with E-state index in [-0.39, 0.29) is 23.1 Å². The van der Waals surface area contributed by atoms with E-state index >= 15 is 0 Å². The molecule has 7 heteroatoms. The quantitative estimate of drug-likeness (QED) is 0.475. The number of anilines is 2. The minimum Gasteiger partial charge on any atom is -0.483 e. The van der Waals surface area contributed by atoms with Crippen LogP contribution in [0.3, 0.4) is 0 Å². The van der Waals surface area contributed by atoms with Gasteiger partial charge < -0.3 is 20.5 Å². The van der Waals surface area contributed by atoms with Gasteiger partial charge in [0.15, 0.2) is 6.61 Å². The van der Waals surface area contributed by atoms with Crippen LogP contribution in [0, 0.1) is 6.92 Å². The van der Waals surface area contributed by atoms with Gasteiger partial charge in [-0.05, 0) is 43.3 Å². The Morgan fingerprint density at radius 2 is 1.70 bits per heavy atom. The van der Waals surface area contributed by atoms with Crippen LogP contribution >= 0.6 is 11.6 Å². The third kappa shape index (κ3) is 5.75. The Morgan fingerprint density at radius 1 is 1.00 bits per heavy atom. The van der Waals surface area contributed by atoms with E-state index in [0.717, 1.165) is 11.1 Å². The number of carbonyl (C=O) groups is 2. The number of ether oxygens (including phenoxy) is 1. The minimum atomic E-state index is -1.07. The topological polar surface area (TPSA) is 87.7 Å². The highest BCUT2D eigenvalue weighted by Gasteiger charge is 2.10. The first-order chi connectivity index (χ1) is 14.4. The molecular weight excluding hydrogens is 404 g/mol. The van der Waals surface area contributed by atoms with Gasteiger partial charge >= 0.3 is 5.97 Å². The standard InChI is InChI=1S/C23H21ClN2O4/c1-15-6-8-17(9-7-15)26-22(27)14-30-21-5-3-2-4-16(21)13-25-18-10-11-19(23(28)29)20(24)12-18/h2-12,25H,13-14H2,1H3,(H,26,27)(H,28,29). The largest absolute Gasteiger partial charge is 0.483 e. The van der Waals surface area contributed by atoms with E-state index in [9.17, 15) is 9.59 Å². The zero-order chi connectivity index (χ0) is 21.5. The number of rotatable bonds is 8. The molecular formula is C23H21ClN2O4. The fraction of sp³-hybridized carbons (Fsp3) is 0.130. The zero-order valence-electron chi connectivity index (χ0n) is 16.3. The van der Waals surface area contributed by atoms with Crippen LogP contribution in [0.2, 0.25) is 5.02 Å². The third-order valence-electron chi connectivity index (χ3n) is 4.35. The lowest BCUT2D eigenvalue weighted by molar-refractivity contribution is -0.118. The Hall–Kier alpha value is -3.51. The second-order valence-corrected chi connectivity index (χ2v) is 7.07. The molecule has 0 spiro atoms. The highest BCUT2D eigenvalue weighted by molar-refractivity contribution is 6.33. The van der Waals surface area contributed by atoms with Gasteiger partial charge in [0.2, 0.25) is 0 Å². The summed E-state index contributed by atoms with van der Waals surface area (Å²) in [4.78, 5) is 23.2. The minimum absolute atomic E-state index is 0.0468. The molecule has 0 atom stereocenters. The molecule has 1 amide bonds. The number of halogens is 1. The predicted molar refractivity (Wildman–Crippen MR) is 117 cm³/mol. The molecule has 0 bridgehead atoms. The molecule has 0 heterocycles. The Morgan fingerprint density at radius 3 is 2.40 bits per heavy atom. The number of aryl methyl sites for hydroxylation is 1. The molecule has 30 heavy (non-hydrogen) atoms. The molecule has 0 aliphatic carbocycles. The monoisotopic (exact) mass is 424 g/mol. The van der Waals surface area contributed by atoms with Crippen molar-refractivity contribution in [2.75, 3.05) is 17.2 Å². The number of hydrogen-bond donors (Lipinski definition) is 3. The van der Waals surface area contributed by atoms with Crippen molar-refractivity contribution in [2.45, 2.75) is 13.5 Å². The highest BCUT2D eigenvalue weighted by Crippen LogP contribution is 2.23. The van der Waals surface area contributed by atoms with Gasteiger partial charge in [0, 0.05) is 23.5 Å². The lowest BCUT2D eigenvalue weighted by Crippen LogP contribution is -2.20. The van der Waals surface area contributed by atoms with Crippen molar-refractivity contribution >= 4 is 34.9 Å². The Kier molecular flexibility index (Phi) is 6.93. The van der Waals surface area contributed by atoms with E-state index in [0.29, 0.717) is 23.7 Å². The van der Waals surface area contributed by atoms with Gasteiger partial charge in [-0.3, -0.25) is 4.79 Å². The molecule has 0 fully saturated rings. The van der Waals surface area contributed by atoms with Crippen LogP contribution in [0.4, 0.5) is 11.4 Å². The molecule has 0 aliphatic rings. The molecule has 3 aromatic carbocycles. The summed E-state index contributed by atoms with van der Waals surface area (Å²) in [6.45, 7) is 2.27. The molecule has 0 aromatic heterocycles. The molecule has 0 radical (unpaired) electrons. The number of benzene rings is 3. The summed E-state index contributed by atoms with van der Waals surface area (Å²) in [6, 6.07) is 19.6. The summed E-state index contributed by atoms with van der Waals surface area (Å²) in [6.07, 6.45) is 0. The second-order valence-electron chi connectivity index (χ2n) is 6.66. The summed E-state index contributed by atoms with van der Waals surface area (Å²) in [5.41, 5.74) is 3.40. The molecule has 0 aliphatic heterocycles. The van der Waals surface area contributed by atoms with Gasteiger partial charge in [0.1, 0.15) is 5.75 Å². The summed E-state index contributed by atoms with van der Waals surface area (Å²) >= 11 is 6.01. The van der Waals surface area contributed by atoms with E-state index in [1.807, 2.05) is 49.4 Å². The maximum atomic E-state index is 12.2. The number of carbonyl (C=O) groups excluding carboxylic acids is 1. The van der Waals surface area contributed by atoms with Crippen LogP contribution < -0.4 is 15.4 Å². The maximum Gasteiger partial charge on any atom is 0.337 e. The van der Waals surface area contributed by atoms with Gasteiger partial charge in [0.05, 0.1) is 10.6 Å². The van der Waals surface area contributed by atoms with E-state index < -0.39 is 5.97 Å². The average molecular weight is 425 g/mol. The van der Waals surface area contributed by atoms with Gasteiger partial charge in [0.25, 0.3) is 5.91 Å². The number of para-hydroxylation sites is 1. The molecule has 0 saturated heterocycles. The van der Waals surface area contributed by atoms with E-state index in [2.05, 4.69) is 10.6 Å². The first kappa shape index (κ1) is 21.2. The molecule has 6 nitrogen and oxygen atoms in total. The van der Waals surface area contributed by atoms with Crippen molar-refractivity contribution in [1.82, 2.24) is 0 Å². The van der Waals surface area contributed by atoms with Gasteiger partial charge in [-0.15, -0.1) is 0 Å². The normalized spacial score (nSPS) is 10.3. The van der Waals surface area contributed by atoms with Crippen LogP contribution in [0.5, 0.6) is 5.75 Å². The molecule has 154 valence electrons. The predicted octanol–water partition coefficient (Wildman–Crippen LogP) is 4.98. The Balaban J connectivity index is 1.59. The number of carboxylic acid groups (broad SMARTS) is 1. The van der Waals surface area contributed by atoms with Crippen LogP contribution in [0.15, 0.2) is 66.7 Å². The molecule has 3 aromatic rings. The number of amides is 1. The fourth-order valence-electron chi connectivity index (χ4n) is 2.76. The summed E-state index contributed by atoms with van der Waals surface area (Å²) in [5, 5.41) is 15.2.